The van der Waals surface area contributed by atoms with E-state index in [-0.39, 0.29) is 18.0 Å². The number of imidazole rings is 1. The molecule has 4 heterocycles. The van der Waals surface area contributed by atoms with Crippen LogP contribution in [0.25, 0.3) is 33.5 Å². The van der Waals surface area contributed by atoms with Crippen LogP contribution in [0.15, 0.2) is 18.3 Å². The van der Waals surface area contributed by atoms with Gasteiger partial charge in [0.25, 0.3) is 6.43 Å². The van der Waals surface area contributed by atoms with E-state index in [1.165, 1.54) is 4.57 Å². The molecule has 0 spiro atoms. The van der Waals surface area contributed by atoms with Gasteiger partial charge in [-0.05, 0) is 44.7 Å². The summed E-state index contributed by atoms with van der Waals surface area (Å²) in [7, 11) is 1.79. The summed E-state index contributed by atoms with van der Waals surface area (Å²) >= 11 is 0. The summed E-state index contributed by atoms with van der Waals surface area (Å²) in [6, 6.07) is 4.05. The summed E-state index contributed by atoms with van der Waals surface area (Å²) in [6.07, 6.45) is 2.92. The molecule has 0 bridgehead atoms. The average molecular weight is 498 g/mol. The van der Waals surface area contributed by atoms with E-state index in [1.807, 2.05) is 6.07 Å². The minimum Gasteiger partial charge on any atom is -0.372 e. The van der Waals surface area contributed by atoms with Crippen molar-refractivity contribution in [2.75, 3.05) is 17.7 Å². The first-order valence-electron chi connectivity index (χ1n) is 12.0. The van der Waals surface area contributed by atoms with Crippen LogP contribution in [0.5, 0.6) is 0 Å². The summed E-state index contributed by atoms with van der Waals surface area (Å²) in [5, 5.41) is 10.3. The van der Waals surface area contributed by atoms with Gasteiger partial charge in [0.2, 0.25) is 11.9 Å². The second-order valence-corrected chi connectivity index (χ2v) is 9.17. The molecule has 0 atom stereocenters. The number of amides is 1. The molecule has 4 aromatic heterocycles. The third-order valence-corrected chi connectivity index (χ3v) is 6.62. The van der Waals surface area contributed by atoms with Crippen LogP contribution in [0.2, 0.25) is 0 Å². The number of pyridine rings is 1. The molecule has 0 unspecified atom stereocenters. The lowest BCUT2D eigenvalue weighted by atomic mass is 9.91. The van der Waals surface area contributed by atoms with Crippen LogP contribution in [0, 0.1) is 6.92 Å². The summed E-state index contributed by atoms with van der Waals surface area (Å²) in [4.78, 5) is 32.9. The summed E-state index contributed by atoms with van der Waals surface area (Å²) in [6.45, 7) is 2.78. The van der Waals surface area contributed by atoms with E-state index < -0.39 is 13.0 Å². The number of aryl methyl sites for hydroxylation is 1. The number of carbonyl (C=O) groups excluding carboxylic acids is 1. The summed E-state index contributed by atoms with van der Waals surface area (Å²) in [5.74, 6) is 1.64. The van der Waals surface area contributed by atoms with Crippen molar-refractivity contribution in [3.63, 3.8) is 0 Å². The standard InChI is InChI=1S/C24H29F2N9O/c1-12-29-18-9-8-17(32-23(18)35(12)11-19(25)26)16-10-28-22-20(16)21(27-3)33-24(34-22)31-15-6-4-14(5-7-15)30-13(2)36/h8-10,14-15,19H,4-7,11H2,1-3H3,(H,30,36)(H3,27,28,31,33,34). The Balaban J connectivity index is 1.43. The molecule has 190 valence electrons. The Morgan fingerprint density at radius 3 is 2.58 bits per heavy atom. The zero-order chi connectivity index (χ0) is 25.4. The number of nitrogens with one attached hydrogen (secondary N) is 4. The van der Waals surface area contributed by atoms with Gasteiger partial charge in [-0.1, -0.05) is 0 Å². The Labute approximate surface area is 206 Å². The minimum atomic E-state index is -2.50. The fourth-order valence-electron chi connectivity index (χ4n) is 4.95. The van der Waals surface area contributed by atoms with Gasteiger partial charge < -0.3 is 25.5 Å². The van der Waals surface area contributed by atoms with Crippen LogP contribution >= 0.6 is 0 Å². The van der Waals surface area contributed by atoms with E-state index in [4.69, 9.17) is 4.98 Å². The molecule has 5 rings (SSSR count). The zero-order valence-electron chi connectivity index (χ0n) is 20.4. The zero-order valence-corrected chi connectivity index (χ0v) is 20.4. The topological polar surface area (TPSA) is 125 Å². The normalized spacial score (nSPS) is 18.2. The van der Waals surface area contributed by atoms with Crippen molar-refractivity contribution in [2.45, 2.75) is 64.6 Å². The van der Waals surface area contributed by atoms with Crippen molar-refractivity contribution in [1.29, 1.82) is 0 Å². The highest BCUT2D eigenvalue weighted by molar-refractivity contribution is 6.01. The molecule has 1 fully saturated rings. The predicted octanol–water partition coefficient (Wildman–Crippen LogP) is 3.84. The van der Waals surface area contributed by atoms with Gasteiger partial charge in [0.15, 0.2) is 5.65 Å². The number of halogens is 2. The molecule has 4 N–H and O–H groups in total. The molecule has 1 amide bonds. The van der Waals surface area contributed by atoms with Gasteiger partial charge >= 0.3 is 0 Å². The molecular formula is C24H29F2N9O. The molecule has 12 heteroatoms. The fourth-order valence-corrected chi connectivity index (χ4v) is 4.95. The van der Waals surface area contributed by atoms with Crippen molar-refractivity contribution in [3.05, 3.63) is 24.2 Å². The fraction of sp³-hybridized carbons (Fsp3) is 0.458. The maximum absolute atomic E-state index is 13.1. The van der Waals surface area contributed by atoms with Crippen LogP contribution < -0.4 is 16.0 Å². The highest BCUT2D eigenvalue weighted by Gasteiger charge is 2.23. The van der Waals surface area contributed by atoms with E-state index in [0.29, 0.717) is 40.1 Å². The number of H-pyrrole nitrogens is 1. The van der Waals surface area contributed by atoms with Crippen LogP contribution in [-0.2, 0) is 11.3 Å². The quantitative estimate of drug-likeness (QED) is 0.306. The molecule has 1 aliphatic carbocycles. The van der Waals surface area contributed by atoms with Crippen LogP contribution in [0.4, 0.5) is 20.5 Å². The molecular weight excluding hydrogens is 468 g/mol. The summed E-state index contributed by atoms with van der Waals surface area (Å²) < 4.78 is 27.7. The van der Waals surface area contributed by atoms with Gasteiger partial charge in [0.1, 0.15) is 22.8 Å². The predicted molar refractivity (Wildman–Crippen MR) is 134 cm³/mol. The lowest BCUT2D eigenvalue weighted by Crippen LogP contribution is -2.39. The highest BCUT2D eigenvalue weighted by atomic mass is 19.3. The number of fused-ring (bicyclic) bond motifs is 2. The Morgan fingerprint density at radius 1 is 1.14 bits per heavy atom. The molecule has 1 saturated carbocycles. The molecule has 0 radical (unpaired) electrons. The van der Waals surface area contributed by atoms with Crippen molar-refractivity contribution in [1.82, 2.24) is 34.8 Å². The number of aromatic amines is 1. The van der Waals surface area contributed by atoms with E-state index in [1.54, 1.807) is 33.2 Å². The van der Waals surface area contributed by atoms with Gasteiger partial charge in [-0.2, -0.15) is 9.97 Å². The molecule has 0 saturated heterocycles. The third kappa shape index (κ3) is 4.67. The van der Waals surface area contributed by atoms with Crippen LogP contribution in [0.3, 0.4) is 0 Å². The Kier molecular flexibility index (Phi) is 6.42. The van der Waals surface area contributed by atoms with Crippen molar-refractivity contribution >= 4 is 39.9 Å². The lowest BCUT2D eigenvalue weighted by molar-refractivity contribution is -0.119. The first-order chi connectivity index (χ1) is 17.3. The molecule has 10 nitrogen and oxygen atoms in total. The average Bonchev–Trinajstić information content (AvgIpc) is 3.40. The lowest BCUT2D eigenvalue weighted by Gasteiger charge is -2.29. The maximum Gasteiger partial charge on any atom is 0.256 e. The number of nitrogens with zero attached hydrogens (tertiary/aromatic N) is 5. The van der Waals surface area contributed by atoms with Gasteiger partial charge in [-0.15, -0.1) is 0 Å². The molecule has 36 heavy (non-hydrogen) atoms. The molecule has 4 aromatic rings. The van der Waals surface area contributed by atoms with Crippen LogP contribution in [-0.4, -0.2) is 61.0 Å². The molecule has 0 aromatic carbocycles. The monoisotopic (exact) mass is 497 g/mol. The summed E-state index contributed by atoms with van der Waals surface area (Å²) in [5.41, 5.74) is 3.00. The Hall–Kier alpha value is -3.83. The molecule has 0 aliphatic heterocycles. The molecule has 1 aliphatic rings. The second-order valence-electron chi connectivity index (χ2n) is 9.17. The second kappa shape index (κ2) is 9.67. The minimum absolute atomic E-state index is 0.00339. The smallest absolute Gasteiger partial charge is 0.256 e. The van der Waals surface area contributed by atoms with Crippen molar-refractivity contribution < 1.29 is 13.6 Å². The largest absolute Gasteiger partial charge is 0.372 e. The number of carbonyl (C=O) groups is 1. The van der Waals surface area contributed by atoms with E-state index in [2.05, 4.69) is 35.9 Å². The number of alkyl halides is 2. The van der Waals surface area contributed by atoms with E-state index in [0.717, 1.165) is 36.6 Å². The highest BCUT2D eigenvalue weighted by Crippen LogP contribution is 2.33. The van der Waals surface area contributed by atoms with Crippen LogP contribution in [0.1, 0.15) is 38.4 Å². The van der Waals surface area contributed by atoms with Crippen molar-refractivity contribution in [3.8, 4) is 11.3 Å². The number of hydrogen-bond donors (Lipinski definition) is 4. The van der Waals surface area contributed by atoms with Gasteiger partial charge in [0.05, 0.1) is 17.6 Å². The van der Waals surface area contributed by atoms with Gasteiger partial charge in [-0.3, -0.25) is 4.79 Å². The Bertz CT molecular complexity index is 1410. The SMILES string of the molecule is CNc1nc(NC2CCC(NC(C)=O)CC2)nc2[nH]cc(-c3ccc4nc(C)n(CC(F)F)c4n3)c12. The van der Waals surface area contributed by atoms with E-state index >= 15 is 0 Å². The maximum atomic E-state index is 13.1. The first-order valence-corrected chi connectivity index (χ1v) is 12.0. The number of aromatic nitrogens is 6. The van der Waals surface area contributed by atoms with Gasteiger partial charge in [0, 0.05) is 37.8 Å². The van der Waals surface area contributed by atoms with Crippen molar-refractivity contribution in [2.24, 2.45) is 0 Å². The number of rotatable bonds is 7. The number of anilines is 2. The van der Waals surface area contributed by atoms with Gasteiger partial charge in [-0.25, -0.2) is 18.7 Å². The van der Waals surface area contributed by atoms with E-state index in [9.17, 15) is 13.6 Å². The first kappa shape index (κ1) is 23.9. The third-order valence-electron chi connectivity index (χ3n) is 6.62. The number of hydrogen-bond acceptors (Lipinski definition) is 7. The Morgan fingerprint density at radius 2 is 1.89 bits per heavy atom.